The molecular formula is C23H25N3O5. The number of carbonyl (C=O) groups excluding carboxylic acids is 4. The van der Waals surface area contributed by atoms with Gasteiger partial charge < -0.3 is 15.4 Å². The van der Waals surface area contributed by atoms with Crippen molar-refractivity contribution in [1.29, 1.82) is 0 Å². The summed E-state index contributed by atoms with van der Waals surface area (Å²) in [6, 6.07) is 13.0. The quantitative estimate of drug-likeness (QED) is 0.470. The maximum Gasteiger partial charge on any atom is 0.262 e. The van der Waals surface area contributed by atoms with Gasteiger partial charge in [0.15, 0.2) is 6.61 Å². The van der Waals surface area contributed by atoms with E-state index >= 15 is 0 Å². The van der Waals surface area contributed by atoms with E-state index in [0.717, 1.165) is 16.9 Å². The van der Waals surface area contributed by atoms with Crippen LogP contribution in [0.1, 0.15) is 40.1 Å². The average Bonchev–Trinajstić information content (AvgIpc) is 3.05. The monoisotopic (exact) mass is 423 g/mol. The molecule has 0 aromatic heterocycles. The molecule has 1 heterocycles. The summed E-state index contributed by atoms with van der Waals surface area (Å²) in [5.41, 5.74) is 1.61. The third kappa shape index (κ3) is 4.91. The highest BCUT2D eigenvalue weighted by Crippen LogP contribution is 2.24. The first-order valence-corrected chi connectivity index (χ1v) is 10.2. The zero-order valence-electron chi connectivity index (χ0n) is 17.5. The van der Waals surface area contributed by atoms with Gasteiger partial charge in [-0.2, -0.15) is 0 Å². The molecule has 1 aliphatic heterocycles. The van der Waals surface area contributed by atoms with Crippen molar-refractivity contribution in [3.05, 3.63) is 65.2 Å². The van der Waals surface area contributed by atoms with E-state index in [1.54, 1.807) is 24.3 Å². The van der Waals surface area contributed by atoms with Gasteiger partial charge in [-0.25, -0.2) is 0 Å². The van der Waals surface area contributed by atoms with Crippen LogP contribution in [0.4, 0.5) is 0 Å². The molecule has 1 aliphatic rings. The Bertz CT molecular complexity index is 969. The minimum absolute atomic E-state index is 0.129. The van der Waals surface area contributed by atoms with Crippen molar-refractivity contribution in [3.63, 3.8) is 0 Å². The predicted octanol–water partition coefficient (Wildman–Crippen LogP) is 1.54. The number of para-hydroxylation sites is 1. The first-order chi connectivity index (χ1) is 14.9. The fourth-order valence-corrected chi connectivity index (χ4v) is 3.34. The molecule has 0 bridgehead atoms. The molecule has 0 saturated heterocycles. The zero-order chi connectivity index (χ0) is 22.4. The van der Waals surface area contributed by atoms with Crippen LogP contribution in [0.15, 0.2) is 48.5 Å². The van der Waals surface area contributed by atoms with Gasteiger partial charge in [-0.15, -0.1) is 0 Å². The van der Waals surface area contributed by atoms with Crippen molar-refractivity contribution < 1.29 is 23.9 Å². The molecule has 1 atom stereocenters. The minimum Gasteiger partial charge on any atom is -0.483 e. The number of imide groups is 1. The molecular weight excluding hydrogens is 398 g/mol. The molecule has 0 saturated carbocycles. The average molecular weight is 423 g/mol. The van der Waals surface area contributed by atoms with Crippen LogP contribution in [0.25, 0.3) is 0 Å². The summed E-state index contributed by atoms with van der Waals surface area (Å²) in [4.78, 5) is 50.3. The van der Waals surface area contributed by atoms with Crippen molar-refractivity contribution >= 4 is 23.6 Å². The van der Waals surface area contributed by atoms with Gasteiger partial charge in [-0.05, 0) is 37.1 Å². The number of carbonyl (C=O) groups is 4. The lowest BCUT2D eigenvalue weighted by atomic mass is 10.1. The largest absolute Gasteiger partial charge is 0.483 e. The lowest BCUT2D eigenvalue weighted by Gasteiger charge is -2.21. The fraction of sp³-hybridized carbons (Fsp3) is 0.304. The molecule has 31 heavy (non-hydrogen) atoms. The standard InChI is InChI=1S/C23H25N3O5/c1-3-16-8-4-7-11-19(16)31-14-20(27)24-12-13-25-21(28)15(2)26-22(29)17-9-5-6-10-18(17)23(26)30/h4-11,15H,3,12-14H2,1-2H3,(H,24,27)(H,25,28). The van der Waals surface area contributed by atoms with Crippen LogP contribution in [-0.2, 0) is 16.0 Å². The number of nitrogens with zero attached hydrogens (tertiary/aromatic N) is 1. The molecule has 2 N–H and O–H groups in total. The predicted molar refractivity (Wildman–Crippen MR) is 114 cm³/mol. The summed E-state index contributed by atoms with van der Waals surface area (Å²) < 4.78 is 5.55. The molecule has 0 fully saturated rings. The summed E-state index contributed by atoms with van der Waals surface area (Å²) in [6.07, 6.45) is 0.801. The first-order valence-electron chi connectivity index (χ1n) is 10.2. The number of ether oxygens (including phenoxy) is 1. The molecule has 162 valence electrons. The van der Waals surface area contributed by atoms with E-state index in [4.69, 9.17) is 4.74 Å². The Labute approximate surface area is 180 Å². The molecule has 2 aromatic carbocycles. The number of fused-ring (bicyclic) bond motifs is 1. The van der Waals surface area contributed by atoms with Gasteiger partial charge in [0.1, 0.15) is 11.8 Å². The normalized spacial score (nSPS) is 13.5. The van der Waals surface area contributed by atoms with Crippen LogP contribution in [0.2, 0.25) is 0 Å². The summed E-state index contributed by atoms with van der Waals surface area (Å²) in [5.74, 6) is -1.09. The van der Waals surface area contributed by atoms with Crippen molar-refractivity contribution in [2.45, 2.75) is 26.3 Å². The van der Waals surface area contributed by atoms with Crippen molar-refractivity contribution in [2.75, 3.05) is 19.7 Å². The van der Waals surface area contributed by atoms with Crippen LogP contribution in [0.5, 0.6) is 5.75 Å². The van der Waals surface area contributed by atoms with Crippen LogP contribution in [0, 0.1) is 0 Å². The SMILES string of the molecule is CCc1ccccc1OCC(=O)NCCNC(=O)C(C)N1C(=O)c2ccccc2C1=O. The molecule has 1 unspecified atom stereocenters. The Balaban J connectivity index is 1.42. The lowest BCUT2D eigenvalue weighted by molar-refractivity contribution is -0.125. The molecule has 8 nitrogen and oxygen atoms in total. The second-order valence-electron chi connectivity index (χ2n) is 7.09. The smallest absolute Gasteiger partial charge is 0.262 e. The maximum absolute atomic E-state index is 12.5. The molecule has 2 aromatic rings. The van der Waals surface area contributed by atoms with E-state index in [2.05, 4.69) is 10.6 Å². The molecule has 3 rings (SSSR count). The van der Waals surface area contributed by atoms with E-state index in [9.17, 15) is 19.2 Å². The molecule has 0 aliphatic carbocycles. The van der Waals surface area contributed by atoms with Crippen molar-refractivity contribution in [3.8, 4) is 5.75 Å². The van der Waals surface area contributed by atoms with Crippen molar-refractivity contribution in [1.82, 2.24) is 15.5 Å². The van der Waals surface area contributed by atoms with E-state index in [-0.39, 0.29) is 25.6 Å². The topological polar surface area (TPSA) is 105 Å². The Morgan fingerprint density at radius 3 is 2.16 bits per heavy atom. The van der Waals surface area contributed by atoms with Gasteiger partial charge >= 0.3 is 0 Å². The fourth-order valence-electron chi connectivity index (χ4n) is 3.34. The van der Waals surface area contributed by atoms with Crippen LogP contribution >= 0.6 is 0 Å². The Morgan fingerprint density at radius 2 is 1.52 bits per heavy atom. The van der Waals surface area contributed by atoms with Gasteiger partial charge in [0.2, 0.25) is 5.91 Å². The lowest BCUT2D eigenvalue weighted by Crippen LogP contribution is -2.49. The highest BCUT2D eigenvalue weighted by molar-refractivity contribution is 6.22. The van der Waals surface area contributed by atoms with E-state index in [0.29, 0.717) is 16.9 Å². The summed E-state index contributed by atoms with van der Waals surface area (Å²) in [7, 11) is 0. The third-order valence-corrected chi connectivity index (χ3v) is 5.05. The second-order valence-corrected chi connectivity index (χ2v) is 7.09. The number of hydrogen-bond acceptors (Lipinski definition) is 5. The third-order valence-electron chi connectivity index (χ3n) is 5.05. The molecule has 8 heteroatoms. The zero-order valence-corrected chi connectivity index (χ0v) is 17.5. The van der Waals surface area contributed by atoms with Crippen LogP contribution < -0.4 is 15.4 Å². The molecule has 0 spiro atoms. The van der Waals surface area contributed by atoms with Gasteiger partial charge in [0.05, 0.1) is 11.1 Å². The summed E-state index contributed by atoms with van der Waals surface area (Å²) >= 11 is 0. The van der Waals surface area contributed by atoms with E-state index in [1.807, 2.05) is 31.2 Å². The summed E-state index contributed by atoms with van der Waals surface area (Å²) in [6.45, 7) is 3.72. The summed E-state index contributed by atoms with van der Waals surface area (Å²) in [5, 5.41) is 5.29. The van der Waals surface area contributed by atoms with Crippen LogP contribution in [0.3, 0.4) is 0 Å². The minimum atomic E-state index is -0.961. The highest BCUT2D eigenvalue weighted by atomic mass is 16.5. The molecule has 0 radical (unpaired) electrons. The molecule has 4 amide bonds. The van der Waals surface area contributed by atoms with Crippen molar-refractivity contribution in [2.24, 2.45) is 0 Å². The van der Waals surface area contributed by atoms with Gasteiger partial charge in [-0.3, -0.25) is 24.1 Å². The Hall–Kier alpha value is -3.68. The number of rotatable bonds is 9. The van der Waals surface area contributed by atoms with Gasteiger partial charge in [0.25, 0.3) is 17.7 Å². The Morgan fingerprint density at radius 1 is 0.935 bits per heavy atom. The Kier molecular flexibility index (Phi) is 7.02. The highest BCUT2D eigenvalue weighted by Gasteiger charge is 2.40. The van der Waals surface area contributed by atoms with Gasteiger partial charge in [0, 0.05) is 13.1 Å². The number of nitrogens with one attached hydrogen (secondary N) is 2. The van der Waals surface area contributed by atoms with Crippen LogP contribution in [-0.4, -0.2) is 54.3 Å². The second kappa shape index (κ2) is 9.88. The maximum atomic E-state index is 12.5. The first kappa shape index (κ1) is 22.0. The number of aryl methyl sites for hydroxylation is 1. The van der Waals surface area contributed by atoms with Gasteiger partial charge in [-0.1, -0.05) is 37.3 Å². The number of hydrogen-bond donors (Lipinski definition) is 2. The number of benzene rings is 2. The van der Waals surface area contributed by atoms with E-state index in [1.165, 1.54) is 6.92 Å². The van der Waals surface area contributed by atoms with E-state index < -0.39 is 23.8 Å². The number of amides is 4.